The normalized spacial score (nSPS) is 19.8. The Morgan fingerprint density at radius 1 is 0.952 bits per heavy atom. The smallest absolute Gasteiger partial charge is 0.416 e. The number of carbonyl (C=O) groups is 3. The number of aromatic amines is 1. The van der Waals surface area contributed by atoms with Gasteiger partial charge >= 0.3 is 11.0 Å². The van der Waals surface area contributed by atoms with Crippen LogP contribution < -0.4 is 19.8 Å². The molecule has 1 saturated heterocycles. The number of fused-ring (bicyclic) bond motifs is 2. The number of aromatic nitrogens is 1. The van der Waals surface area contributed by atoms with Crippen LogP contribution in [0, 0.1) is 5.92 Å². The van der Waals surface area contributed by atoms with E-state index in [1.165, 1.54) is 28.8 Å². The highest BCUT2D eigenvalue weighted by Crippen LogP contribution is 2.53. The number of thioether (sulfide) groups is 1. The van der Waals surface area contributed by atoms with E-state index in [1.54, 1.807) is 54.6 Å². The number of hydrogen-bond acceptors (Lipinski definition) is 7. The van der Waals surface area contributed by atoms with Crippen LogP contribution in [0.4, 0.5) is 24.5 Å². The molecule has 2 N–H and O–H groups in total. The van der Waals surface area contributed by atoms with Crippen LogP contribution in [0.25, 0.3) is 0 Å². The van der Waals surface area contributed by atoms with Crippen molar-refractivity contribution in [3.8, 4) is 5.75 Å². The quantitative estimate of drug-likeness (QED) is 0.288. The van der Waals surface area contributed by atoms with Crippen LogP contribution >= 0.6 is 23.1 Å². The maximum Gasteiger partial charge on any atom is 0.416 e. The van der Waals surface area contributed by atoms with Crippen molar-refractivity contribution in [3.63, 3.8) is 0 Å². The maximum absolute atomic E-state index is 13.8. The van der Waals surface area contributed by atoms with Gasteiger partial charge in [-0.1, -0.05) is 59.5 Å². The number of hydrogen-bond donors (Lipinski definition) is 2. The zero-order valence-electron chi connectivity index (χ0n) is 21.4. The lowest BCUT2D eigenvalue weighted by Crippen LogP contribution is -2.32. The van der Waals surface area contributed by atoms with Crippen LogP contribution in [0.2, 0.25) is 0 Å². The molecule has 3 aromatic carbocycles. The number of rotatable bonds is 6. The SMILES string of the molecule is O=C(COc1cccc([C@H]2c3sc(=O)[nH]c3SC3C(=O)N(c4ccccc4)C(=O)C32)c1)Nc1cccc(C(F)(F)F)c1. The molecular weight excluding hydrogens is 591 g/mol. The van der Waals surface area contributed by atoms with Crippen molar-refractivity contribution in [1.82, 2.24) is 4.98 Å². The molecule has 1 fully saturated rings. The Bertz CT molecular complexity index is 1750. The third kappa shape index (κ3) is 5.21. The molecule has 13 heteroatoms. The molecule has 42 heavy (non-hydrogen) atoms. The third-order valence-electron chi connectivity index (χ3n) is 6.90. The minimum absolute atomic E-state index is 0.0276. The number of benzene rings is 3. The monoisotopic (exact) mass is 611 g/mol. The summed E-state index contributed by atoms with van der Waals surface area (Å²) in [6.07, 6.45) is -4.55. The van der Waals surface area contributed by atoms with E-state index in [0.717, 1.165) is 23.5 Å². The number of nitrogens with zero attached hydrogens (tertiary/aromatic N) is 1. The topological polar surface area (TPSA) is 109 Å². The van der Waals surface area contributed by atoms with E-state index in [0.29, 0.717) is 21.2 Å². The van der Waals surface area contributed by atoms with E-state index < -0.39 is 41.3 Å². The van der Waals surface area contributed by atoms with E-state index in [4.69, 9.17) is 4.74 Å². The van der Waals surface area contributed by atoms with Crippen LogP contribution in [0.5, 0.6) is 5.75 Å². The number of thiazole rings is 1. The zero-order valence-corrected chi connectivity index (χ0v) is 23.0. The molecule has 0 aliphatic carbocycles. The minimum atomic E-state index is -4.55. The molecule has 2 aliphatic rings. The minimum Gasteiger partial charge on any atom is -0.484 e. The summed E-state index contributed by atoms with van der Waals surface area (Å²) in [4.78, 5) is 56.3. The van der Waals surface area contributed by atoms with Crippen molar-refractivity contribution in [2.75, 3.05) is 16.8 Å². The van der Waals surface area contributed by atoms with Gasteiger partial charge in [0.15, 0.2) is 6.61 Å². The van der Waals surface area contributed by atoms with Crippen molar-refractivity contribution in [1.29, 1.82) is 0 Å². The number of amides is 3. The number of H-pyrrole nitrogens is 1. The molecule has 0 radical (unpaired) electrons. The number of halogens is 3. The molecule has 6 rings (SSSR count). The Morgan fingerprint density at radius 3 is 2.48 bits per heavy atom. The number of ether oxygens (including phenoxy) is 1. The molecule has 3 atom stereocenters. The summed E-state index contributed by atoms with van der Waals surface area (Å²) in [5, 5.41) is 2.15. The van der Waals surface area contributed by atoms with Gasteiger partial charge in [0, 0.05) is 16.5 Å². The lowest BCUT2D eigenvalue weighted by atomic mass is 9.83. The first-order valence-electron chi connectivity index (χ1n) is 12.6. The van der Waals surface area contributed by atoms with Crippen LogP contribution in [0.3, 0.4) is 0 Å². The fraction of sp³-hybridized carbons (Fsp3) is 0.172. The van der Waals surface area contributed by atoms with Gasteiger partial charge in [-0.2, -0.15) is 13.2 Å². The molecule has 2 unspecified atom stereocenters. The van der Waals surface area contributed by atoms with Crippen molar-refractivity contribution in [2.45, 2.75) is 22.4 Å². The van der Waals surface area contributed by atoms with E-state index >= 15 is 0 Å². The second-order valence-electron chi connectivity index (χ2n) is 9.59. The fourth-order valence-electron chi connectivity index (χ4n) is 5.12. The van der Waals surface area contributed by atoms with Crippen LogP contribution in [-0.4, -0.2) is 34.6 Å². The van der Waals surface area contributed by atoms with Crippen molar-refractivity contribution >= 4 is 52.2 Å². The summed E-state index contributed by atoms with van der Waals surface area (Å²) >= 11 is 2.14. The summed E-state index contributed by atoms with van der Waals surface area (Å²) in [5.41, 5.74) is 0.144. The fourth-order valence-corrected chi connectivity index (χ4v) is 7.64. The first-order valence-corrected chi connectivity index (χ1v) is 14.3. The number of anilines is 2. The summed E-state index contributed by atoms with van der Waals surface area (Å²) in [6, 6.07) is 19.5. The third-order valence-corrected chi connectivity index (χ3v) is 9.30. The molecule has 4 aromatic rings. The molecule has 0 bridgehead atoms. The van der Waals surface area contributed by atoms with Gasteiger partial charge in [-0.15, -0.1) is 0 Å². The van der Waals surface area contributed by atoms with Gasteiger partial charge in [-0.05, 0) is 48.0 Å². The van der Waals surface area contributed by atoms with Crippen LogP contribution in [0.1, 0.15) is 21.9 Å². The highest BCUT2D eigenvalue weighted by Gasteiger charge is 2.56. The molecule has 3 amide bonds. The van der Waals surface area contributed by atoms with E-state index in [2.05, 4.69) is 10.3 Å². The average Bonchev–Trinajstić information content (AvgIpc) is 3.46. The van der Waals surface area contributed by atoms with Crippen molar-refractivity contribution in [2.24, 2.45) is 5.92 Å². The second kappa shape index (κ2) is 10.8. The Morgan fingerprint density at radius 2 is 1.71 bits per heavy atom. The second-order valence-corrected chi connectivity index (χ2v) is 11.8. The van der Waals surface area contributed by atoms with E-state index in [-0.39, 0.29) is 28.1 Å². The predicted octanol–water partition coefficient (Wildman–Crippen LogP) is 5.27. The van der Waals surface area contributed by atoms with Gasteiger partial charge in [0.2, 0.25) is 11.8 Å². The van der Waals surface area contributed by atoms with Gasteiger partial charge in [0.25, 0.3) is 5.91 Å². The molecule has 8 nitrogen and oxygen atoms in total. The summed E-state index contributed by atoms with van der Waals surface area (Å²) < 4.78 is 44.6. The van der Waals surface area contributed by atoms with Gasteiger partial charge < -0.3 is 15.0 Å². The van der Waals surface area contributed by atoms with Gasteiger partial charge in [-0.3, -0.25) is 19.2 Å². The Balaban J connectivity index is 1.25. The molecule has 2 aliphatic heterocycles. The maximum atomic E-state index is 13.8. The van der Waals surface area contributed by atoms with Gasteiger partial charge in [0.05, 0.1) is 22.2 Å². The lowest BCUT2D eigenvalue weighted by molar-refractivity contribution is -0.137. The van der Waals surface area contributed by atoms with E-state index in [1.807, 2.05) is 0 Å². The molecule has 0 saturated carbocycles. The molecule has 1 aromatic heterocycles. The predicted molar refractivity (Wildman–Crippen MR) is 151 cm³/mol. The lowest BCUT2D eigenvalue weighted by Gasteiger charge is -2.30. The first kappa shape index (κ1) is 27.8. The van der Waals surface area contributed by atoms with E-state index in [9.17, 15) is 32.3 Å². The standard InChI is InChI=1S/C29H20F3N3O5S2/c30-29(31,32)16-7-5-8-17(13-16)33-20(36)14-40-19-11-4-6-15(12-19)21-22-24(41-25-23(21)42-28(39)34-25)27(38)35(26(22)37)18-9-2-1-3-10-18/h1-13,21-22,24H,14H2,(H,33,36)(H,34,39)/t21-,22?,24?/m1/s1. The highest BCUT2D eigenvalue weighted by atomic mass is 32.2. The van der Waals surface area contributed by atoms with Crippen molar-refractivity contribution < 1.29 is 32.3 Å². The Kier molecular flexibility index (Phi) is 7.15. The number of carbonyl (C=O) groups excluding carboxylic acids is 3. The summed E-state index contributed by atoms with van der Waals surface area (Å²) in [6.45, 7) is -0.492. The largest absolute Gasteiger partial charge is 0.484 e. The van der Waals surface area contributed by atoms with Gasteiger partial charge in [-0.25, -0.2) is 4.90 Å². The zero-order chi connectivity index (χ0) is 29.6. The molecular formula is C29H20F3N3O5S2. The average molecular weight is 612 g/mol. The van der Waals surface area contributed by atoms with Crippen molar-refractivity contribution in [3.05, 3.63) is 105 Å². The Labute approximate surface area is 244 Å². The number of nitrogens with one attached hydrogen (secondary N) is 2. The molecule has 214 valence electrons. The molecule has 3 heterocycles. The first-order chi connectivity index (χ1) is 20.1. The summed E-state index contributed by atoms with van der Waals surface area (Å²) in [5.74, 6) is -2.59. The highest BCUT2D eigenvalue weighted by molar-refractivity contribution is 8.00. The number of imide groups is 1. The van der Waals surface area contributed by atoms with Crippen LogP contribution in [-0.2, 0) is 20.6 Å². The van der Waals surface area contributed by atoms with Crippen LogP contribution in [0.15, 0.2) is 88.7 Å². The van der Waals surface area contributed by atoms with Gasteiger partial charge in [0.1, 0.15) is 11.0 Å². The summed E-state index contributed by atoms with van der Waals surface area (Å²) in [7, 11) is 0. The number of para-hydroxylation sites is 1. The molecule has 0 spiro atoms. The number of alkyl halides is 3. The Hall–Kier alpha value is -4.36.